The van der Waals surface area contributed by atoms with Crippen LogP contribution in [0.1, 0.15) is 17.2 Å². The maximum Gasteiger partial charge on any atom is 0.101 e. The van der Waals surface area contributed by atoms with Gasteiger partial charge in [-0.05, 0) is 24.6 Å². The van der Waals surface area contributed by atoms with Crippen molar-refractivity contribution >= 4 is 5.69 Å². The van der Waals surface area contributed by atoms with Crippen molar-refractivity contribution in [3.63, 3.8) is 0 Å². The minimum Gasteiger partial charge on any atom is -0.384 e. The normalized spacial score (nSPS) is 20.2. The number of aliphatic hydroxyl groups is 1. The highest BCUT2D eigenvalue weighted by Gasteiger charge is 2.17. The van der Waals surface area contributed by atoms with Gasteiger partial charge in [-0.3, -0.25) is 0 Å². The summed E-state index contributed by atoms with van der Waals surface area (Å²) in [4.78, 5) is 2.02. The Morgan fingerprint density at radius 3 is 2.85 bits per heavy atom. The fraction of sp³-hybridized carbons (Fsp3) is 0.273. The van der Waals surface area contributed by atoms with Gasteiger partial charge in [0, 0.05) is 24.5 Å². The van der Waals surface area contributed by atoms with Crippen molar-refractivity contribution < 1.29 is 5.11 Å². The van der Waals surface area contributed by atoms with Crippen molar-refractivity contribution in [2.75, 3.05) is 11.9 Å². The van der Waals surface area contributed by atoms with Crippen molar-refractivity contribution in [3.05, 3.63) is 41.6 Å². The summed E-state index contributed by atoms with van der Waals surface area (Å²) < 4.78 is 0. The van der Waals surface area contributed by atoms with E-state index >= 15 is 0 Å². The molecule has 1 aromatic carbocycles. The number of rotatable bonds is 0. The Morgan fingerprint density at radius 1 is 1.38 bits per heavy atom. The number of nitrogens with zero attached hydrogens (tertiary/aromatic N) is 1. The number of anilines is 1. The Morgan fingerprint density at radius 2 is 2.15 bits per heavy atom. The molecule has 0 aromatic heterocycles. The predicted octanol–water partition coefficient (Wildman–Crippen LogP) is 1.99. The number of benzene rings is 1. The second kappa shape index (κ2) is 2.89. The van der Waals surface area contributed by atoms with Crippen LogP contribution in [0.2, 0.25) is 0 Å². The zero-order valence-corrected chi connectivity index (χ0v) is 7.86. The molecule has 1 unspecified atom stereocenters. The Hall–Kier alpha value is -1.28. The molecule has 1 N–H and O–H groups in total. The van der Waals surface area contributed by atoms with Crippen LogP contribution in [0, 0.1) is 6.92 Å². The van der Waals surface area contributed by atoms with Gasteiger partial charge in [0.05, 0.1) is 0 Å². The van der Waals surface area contributed by atoms with E-state index in [0.717, 1.165) is 16.8 Å². The van der Waals surface area contributed by atoms with E-state index < -0.39 is 6.10 Å². The highest BCUT2D eigenvalue weighted by Crippen LogP contribution is 2.33. The Bertz CT molecular complexity index is 357. The van der Waals surface area contributed by atoms with E-state index in [1.54, 1.807) is 6.08 Å². The summed E-state index contributed by atoms with van der Waals surface area (Å²) >= 11 is 0. The molecule has 2 rings (SSSR count). The minimum atomic E-state index is -0.451. The van der Waals surface area contributed by atoms with Crippen LogP contribution >= 0.6 is 0 Å². The highest BCUT2D eigenvalue weighted by atomic mass is 16.3. The Kier molecular flexibility index (Phi) is 1.85. The first-order valence-electron chi connectivity index (χ1n) is 4.39. The van der Waals surface area contributed by atoms with Gasteiger partial charge in [0.1, 0.15) is 6.10 Å². The molecule has 0 spiro atoms. The predicted molar refractivity (Wildman–Crippen MR) is 53.7 cm³/mol. The standard InChI is InChI=1S/C11H13NO/c1-8-4-3-5-9-11(8)10(13)6-7-12(9)2/h3-7,10,13H,1-2H3. The molecule has 1 aliphatic rings. The molecule has 0 aliphatic carbocycles. The smallest absolute Gasteiger partial charge is 0.101 e. The molecule has 2 nitrogen and oxygen atoms in total. The number of aryl methyl sites for hydroxylation is 1. The average Bonchev–Trinajstić information content (AvgIpc) is 2.12. The monoisotopic (exact) mass is 175 g/mol. The minimum absolute atomic E-state index is 0.451. The van der Waals surface area contributed by atoms with Crippen LogP contribution in [-0.2, 0) is 0 Å². The molecular formula is C11H13NO. The van der Waals surface area contributed by atoms with E-state index in [-0.39, 0.29) is 0 Å². The Balaban J connectivity index is 2.62. The van der Waals surface area contributed by atoms with Crippen molar-refractivity contribution in [1.82, 2.24) is 0 Å². The molecule has 1 atom stereocenters. The van der Waals surface area contributed by atoms with Crippen LogP contribution < -0.4 is 4.90 Å². The molecule has 0 saturated carbocycles. The van der Waals surface area contributed by atoms with E-state index in [9.17, 15) is 5.11 Å². The van der Waals surface area contributed by atoms with E-state index in [4.69, 9.17) is 0 Å². The van der Waals surface area contributed by atoms with Gasteiger partial charge in [0.15, 0.2) is 0 Å². The van der Waals surface area contributed by atoms with Crippen LogP contribution in [0.15, 0.2) is 30.5 Å². The molecule has 0 amide bonds. The van der Waals surface area contributed by atoms with Gasteiger partial charge >= 0.3 is 0 Å². The number of hydrogen-bond acceptors (Lipinski definition) is 2. The van der Waals surface area contributed by atoms with Crippen molar-refractivity contribution in [3.8, 4) is 0 Å². The average molecular weight is 175 g/mol. The molecule has 0 saturated heterocycles. The third-order valence-electron chi connectivity index (χ3n) is 2.47. The number of aliphatic hydroxyl groups excluding tert-OH is 1. The molecule has 1 aliphatic heterocycles. The third-order valence-corrected chi connectivity index (χ3v) is 2.47. The van der Waals surface area contributed by atoms with Gasteiger partial charge in [0.2, 0.25) is 0 Å². The first kappa shape index (κ1) is 8.32. The molecule has 0 fully saturated rings. The van der Waals surface area contributed by atoms with Crippen molar-refractivity contribution in [1.29, 1.82) is 0 Å². The summed E-state index contributed by atoms with van der Waals surface area (Å²) in [5, 5.41) is 9.75. The van der Waals surface area contributed by atoms with Gasteiger partial charge < -0.3 is 10.0 Å². The first-order chi connectivity index (χ1) is 6.20. The fourth-order valence-corrected chi connectivity index (χ4v) is 1.74. The lowest BCUT2D eigenvalue weighted by atomic mass is 9.98. The molecular weight excluding hydrogens is 162 g/mol. The van der Waals surface area contributed by atoms with Gasteiger partial charge in [-0.25, -0.2) is 0 Å². The summed E-state index contributed by atoms with van der Waals surface area (Å²) in [5.74, 6) is 0. The topological polar surface area (TPSA) is 23.5 Å². The second-order valence-electron chi connectivity index (χ2n) is 3.40. The highest BCUT2D eigenvalue weighted by molar-refractivity contribution is 5.61. The molecule has 1 heterocycles. The molecule has 0 bridgehead atoms. The van der Waals surface area contributed by atoms with Crippen LogP contribution in [0.5, 0.6) is 0 Å². The number of hydrogen-bond donors (Lipinski definition) is 1. The zero-order chi connectivity index (χ0) is 9.42. The van der Waals surface area contributed by atoms with E-state index in [1.165, 1.54) is 0 Å². The van der Waals surface area contributed by atoms with Gasteiger partial charge in [0.25, 0.3) is 0 Å². The Labute approximate surface area is 78.1 Å². The summed E-state index contributed by atoms with van der Waals surface area (Å²) in [6.07, 6.45) is 3.24. The summed E-state index contributed by atoms with van der Waals surface area (Å²) in [6.45, 7) is 2.02. The van der Waals surface area contributed by atoms with Crippen LogP contribution in [0.4, 0.5) is 5.69 Å². The summed E-state index contributed by atoms with van der Waals surface area (Å²) in [7, 11) is 1.99. The maximum atomic E-state index is 9.75. The maximum absolute atomic E-state index is 9.75. The molecule has 1 aromatic rings. The van der Waals surface area contributed by atoms with E-state index in [0.29, 0.717) is 0 Å². The van der Waals surface area contributed by atoms with Crippen molar-refractivity contribution in [2.24, 2.45) is 0 Å². The molecule has 13 heavy (non-hydrogen) atoms. The van der Waals surface area contributed by atoms with Gasteiger partial charge in [-0.2, -0.15) is 0 Å². The lowest BCUT2D eigenvalue weighted by Crippen LogP contribution is -2.17. The lowest BCUT2D eigenvalue weighted by Gasteiger charge is -2.26. The van der Waals surface area contributed by atoms with Crippen LogP contribution in [-0.4, -0.2) is 12.2 Å². The van der Waals surface area contributed by atoms with Gasteiger partial charge in [-0.15, -0.1) is 0 Å². The SMILES string of the molecule is Cc1cccc2c1C(O)C=CN2C. The zero-order valence-electron chi connectivity index (χ0n) is 7.86. The number of fused-ring (bicyclic) bond motifs is 1. The summed E-state index contributed by atoms with van der Waals surface area (Å²) in [6, 6.07) is 6.06. The lowest BCUT2D eigenvalue weighted by molar-refractivity contribution is 0.226. The largest absolute Gasteiger partial charge is 0.384 e. The molecule has 0 radical (unpaired) electrons. The van der Waals surface area contributed by atoms with E-state index in [2.05, 4.69) is 0 Å². The molecule has 2 heteroatoms. The third kappa shape index (κ3) is 1.23. The second-order valence-corrected chi connectivity index (χ2v) is 3.40. The van der Waals surface area contributed by atoms with Gasteiger partial charge in [-0.1, -0.05) is 12.1 Å². The first-order valence-corrected chi connectivity index (χ1v) is 4.39. The van der Waals surface area contributed by atoms with E-state index in [1.807, 2.05) is 43.3 Å². The van der Waals surface area contributed by atoms with Crippen LogP contribution in [0.25, 0.3) is 0 Å². The molecule has 68 valence electrons. The van der Waals surface area contributed by atoms with Crippen LogP contribution in [0.3, 0.4) is 0 Å². The van der Waals surface area contributed by atoms with Crippen molar-refractivity contribution in [2.45, 2.75) is 13.0 Å². The fourth-order valence-electron chi connectivity index (χ4n) is 1.74. The summed E-state index contributed by atoms with van der Waals surface area (Å²) in [5.41, 5.74) is 3.25. The quantitative estimate of drug-likeness (QED) is 0.651.